The number of hydrogen-bond donors (Lipinski definition) is 8. The number of aromatic hydroxyl groups is 2. The van der Waals surface area contributed by atoms with E-state index in [0.29, 0.717) is 5.56 Å². The van der Waals surface area contributed by atoms with Crippen LogP contribution in [0.15, 0.2) is 36.4 Å². The van der Waals surface area contributed by atoms with Crippen LogP contribution in [0.2, 0.25) is 0 Å². The number of carbonyl (C=O) groups excluding carboxylic acids is 1. The second-order valence-corrected chi connectivity index (χ2v) is 9.81. The van der Waals surface area contributed by atoms with Gasteiger partial charge in [-0.1, -0.05) is 12.1 Å². The Bertz CT molecular complexity index is 1200. The molecule has 8 N–H and O–H groups in total. The number of aliphatic hydroxyl groups excluding tert-OH is 6. The molecule has 5 rings (SSSR count). The summed E-state index contributed by atoms with van der Waals surface area (Å²) in [4.78, 5) is 12.5. The maximum atomic E-state index is 12.5. The van der Waals surface area contributed by atoms with Crippen LogP contribution in [0.1, 0.15) is 28.4 Å². The molecule has 3 aliphatic rings. The van der Waals surface area contributed by atoms with Crippen LogP contribution in [0.3, 0.4) is 0 Å². The van der Waals surface area contributed by atoms with E-state index in [4.69, 9.17) is 23.7 Å². The van der Waals surface area contributed by atoms with Gasteiger partial charge in [-0.05, 0) is 17.7 Å². The molecule has 0 saturated carbocycles. The van der Waals surface area contributed by atoms with Crippen molar-refractivity contribution in [3.05, 3.63) is 47.5 Å². The van der Waals surface area contributed by atoms with Crippen LogP contribution in [0.25, 0.3) is 0 Å². The van der Waals surface area contributed by atoms with E-state index in [-0.39, 0.29) is 47.4 Å². The van der Waals surface area contributed by atoms with Gasteiger partial charge < -0.3 is 64.5 Å². The van der Waals surface area contributed by atoms with Crippen LogP contribution in [-0.2, 0) is 14.2 Å². The second-order valence-electron chi connectivity index (χ2n) is 9.81. The van der Waals surface area contributed by atoms with Crippen LogP contribution < -0.4 is 9.47 Å². The maximum Gasteiger partial charge on any atom is 0.228 e. The van der Waals surface area contributed by atoms with E-state index < -0.39 is 68.0 Å². The zero-order chi connectivity index (χ0) is 28.7. The molecule has 0 amide bonds. The number of hydrogen-bond acceptors (Lipinski definition) is 14. The molecule has 0 aromatic heterocycles. The molecule has 14 nitrogen and oxygen atoms in total. The van der Waals surface area contributed by atoms with Crippen molar-refractivity contribution >= 4 is 5.78 Å². The predicted octanol–water partition coefficient (Wildman–Crippen LogP) is -1.55. The normalized spacial score (nSPS) is 36.0. The minimum absolute atomic E-state index is 0.00447. The Labute approximate surface area is 227 Å². The number of fused-ring (bicyclic) bond motifs is 1. The van der Waals surface area contributed by atoms with Gasteiger partial charge in [-0.3, -0.25) is 4.79 Å². The Hall–Kier alpha value is -3.05. The molecule has 3 heterocycles. The highest BCUT2D eigenvalue weighted by molar-refractivity contribution is 6.02. The van der Waals surface area contributed by atoms with E-state index in [2.05, 4.69) is 0 Å². The van der Waals surface area contributed by atoms with Crippen molar-refractivity contribution in [1.29, 1.82) is 0 Å². The van der Waals surface area contributed by atoms with E-state index in [1.54, 1.807) is 12.1 Å². The molecule has 10 atom stereocenters. The Morgan fingerprint density at radius 3 is 2.27 bits per heavy atom. The fourth-order valence-corrected chi connectivity index (χ4v) is 4.85. The summed E-state index contributed by atoms with van der Waals surface area (Å²) in [5, 5.41) is 80.1. The fraction of sp³-hybridized carbons (Fsp3) is 0.500. The Balaban J connectivity index is 1.19. The molecule has 40 heavy (non-hydrogen) atoms. The summed E-state index contributed by atoms with van der Waals surface area (Å²) in [6, 6.07) is 8.64. The smallest absolute Gasteiger partial charge is 0.228 e. The number of carbonyl (C=O) groups is 1. The van der Waals surface area contributed by atoms with Crippen LogP contribution >= 0.6 is 0 Å². The van der Waals surface area contributed by atoms with Gasteiger partial charge in [0.15, 0.2) is 12.1 Å². The highest BCUT2D eigenvalue weighted by Gasteiger charge is 2.48. The van der Waals surface area contributed by atoms with E-state index in [9.17, 15) is 45.6 Å². The summed E-state index contributed by atoms with van der Waals surface area (Å²) in [5.41, 5.74) is 0.608. The van der Waals surface area contributed by atoms with Gasteiger partial charge in [-0.25, -0.2) is 0 Å². The molecule has 0 unspecified atom stereocenters. The molecule has 2 fully saturated rings. The van der Waals surface area contributed by atoms with E-state index in [1.807, 2.05) is 0 Å². The minimum Gasteiger partial charge on any atom is -0.508 e. The van der Waals surface area contributed by atoms with Gasteiger partial charge in [0.2, 0.25) is 6.29 Å². The van der Waals surface area contributed by atoms with Crippen molar-refractivity contribution in [3.63, 3.8) is 0 Å². The molecule has 0 bridgehead atoms. The molecular formula is C26H30O14. The largest absolute Gasteiger partial charge is 0.508 e. The first-order valence-electron chi connectivity index (χ1n) is 12.5. The topological polar surface area (TPSA) is 225 Å². The number of ketones is 1. The highest BCUT2D eigenvalue weighted by Crippen LogP contribution is 2.41. The lowest BCUT2D eigenvalue weighted by Gasteiger charge is -2.43. The lowest BCUT2D eigenvalue weighted by atomic mass is 9.95. The van der Waals surface area contributed by atoms with Crippen LogP contribution in [-0.4, -0.2) is 115 Å². The molecule has 3 aliphatic heterocycles. The van der Waals surface area contributed by atoms with Gasteiger partial charge in [0.1, 0.15) is 77.4 Å². The Morgan fingerprint density at radius 2 is 1.57 bits per heavy atom. The number of aliphatic hydroxyl groups is 6. The molecule has 218 valence electrons. The van der Waals surface area contributed by atoms with Crippen LogP contribution in [0, 0.1) is 0 Å². The van der Waals surface area contributed by atoms with E-state index >= 15 is 0 Å². The number of phenols is 2. The summed E-state index contributed by atoms with van der Waals surface area (Å²) in [6.07, 6.45) is -14.1. The number of benzene rings is 2. The lowest BCUT2D eigenvalue weighted by Crippen LogP contribution is -2.62. The van der Waals surface area contributed by atoms with Gasteiger partial charge >= 0.3 is 0 Å². The second kappa shape index (κ2) is 11.4. The number of ether oxygens (including phenoxy) is 5. The zero-order valence-electron chi connectivity index (χ0n) is 20.9. The Morgan fingerprint density at radius 1 is 0.875 bits per heavy atom. The predicted molar refractivity (Wildman–Crippen MR) is 130 cm³/mol. The van der Waals surface area contributed by atoms with Gasteiger partial charge in [-0.2, -0.15) is 0 Å². The molecule has 0 aliphatic carbocycles. The van der Waals surface area contributed by atoms with Gasteiger partial charge in [0.05, 0.1) is 19.6 Å². The number of Topliss-reactive ketones (excluding diaryl/α,β-unsaturated/α-hetero) is 1. The molecule has 2 saturated heterocycles. The number of phenolic OH excluding ortho intramolecular Hbond substituents is 2. The number of rotatable bonds is 6. The SMILES string of the molecule is O=C1C[C@@H](c2ccc(O[C@H]3OC[C@H](O[C@H]4O[C@H](CO)[C@H](O)[C@@H](O)[C@H]4O)[C@@H](O)[C@H]3O)cc2)Oc2cc(O)cc(O)c21. The quantitative estimate of drug-likeness (QED) is 0.198. The van der Waals surface area contributed by atoms with Crippen molar-refractivity contribution in [1.82, 2.24) is 0 Å². The van der Waals surface area contributed by atoms with E-state index in [1.165, 1.54) is 18.2 Å². The van der Waals surface area contributed by atoms with E-state index in [0.717, 1.165) is 6.07 Å². The maximum absolute atomic E-state index is 12.5. The van der Waals surface area contributed by atoms with Crippen molar-refractivity contribution in [2.45, 2.75) is 67.8 Å². The third kappa shape index (κ3) is 5.45. The molecule has 14 heteroatoms. The fourth-order valence-electron chi connectivity index (χ4n) is 4.85. The molecular weight excluding hydrogens is 536 g/mol. The van der Waals surface area contributed by atoms with Crippen LogP contribution in [0.4, 0.5) is 0 Å². The third-order valence-electron chi connectivity index (χ3n) is 7.08. The first kappa shape index (κ1) is 28.5. The van der Waals surface area contributed by atoms with Crippen molar-refractivity contribution < 1.29 is 69.3 Å². The standard InChI is InChI=1S/C26H30O14/c27-8-17-20(31)22(33)24(35)26(39-17)40-18-9-36-25(23(34)21(18)32)37-12-3-1-10(2-4-12)15-7-14(30)19-13(29)5-11(28)6-16(19)38-15/h1-6,15,17-18,20-29,31-35H,7-9H2/t15-,17+,18-,20-,21+,22+,23+,24+,25+,26+/m0/s1. The minimum atomic E-state index is -1.69. The average molecular weight is 567 g/mol. The van der Waals surface area contributed by atoms with Crippen molar-refractivity contribution in [2.24, 2.45) is 0 Å². The summed E-state index contributed by atoms with van der Waals surface area (Å²) in [7, 11) is 0. The van der Waals surface area contributed by atoms with Crippen molar-refractivity contribution in [3.8, 4) is 23.0 Å². The molecule has 2 aromatic carbocycles. The first-order valence-corrected chi connectivity index (χ1v) is 12.5. The van der Waals surface area contributed by atoms with Gasteiger partial charge in [0.25, 0.3) is 0 Å². The average Bonchev–Trinajstić information content (AvgIpc) is 2.92. The molecule has 2 aromatic rings. The monoisotopic (exact) mass is 566 g/mol. The lowest BCUT2D eigenvalue weighted by molar-refractivity contribution is -0.338. The third-order valence-corrected chi connectivity index (χ3v) is 7.08. The Kier molecular flexibility index (Phi) is 8.15. The summed E-state index contributed by atoms with van der Waals surface area (Å²) in [5.74, 6) is -0.644. The first-order chi connectivity index (χ1) is 19.1. The highest BCUT2D eigenvalue weighted by atomic mass is 16.7. The summed E-state index contributed by atoms with van der Waals surface area (Å²) < 4.78 is 27.7. The van der Waals surface area contributed by atoms with Crippen LogP contribution in [0.5, 0.6) is 23.0 Å². The summed E-state index contributed by atoms with van der Waals surface area (Å²) in [6.45, 7) is -0.956. The van der Waals surface area contributed by atoms with Crippen molar-refractivity contribution in [2.75, 3.05) is 13.2 Å². The molecule has 0 radical (unpaired) electrons. The van der Waals surface area contributed by atoms with Gasteiger partial charge in [-0.15, -0.1) is 0 Å². The summed E-state index contributed by atoms with van der Waals surface area (Å²) >= 11 is 0. The molecule has 0 spiro atoms. The van der Waals surface area contributed by atoms with Gasteiger partial charge in [0, 0.05) is 12.1 Å². The zero-order valence-corrected chi connectivity index (χ0v) is 20.9.